The van der Waals surface area contributed by atoms with Crippen molar-refractivity contribution in [1.29, 1.82) is 0 Å². The summed E-state index contributed by atoms with van der Waals surface area (Å²) in [6, 6.07) is 8.01. The number of benzene rings is 1. The number of rotatable bonds is 7. The van der Waals surface area contributed by atoms with Crippen LogP contribution < -0.4 is 5.32 Å². The molecule has 21 heavy (non-hydrogen) atoms. The fraction of sp³-hybridized carbons (Fsp3) is 0.412. The van der Waals surface area contributed by atoms with Gasteiger partial charge in [-0.2, -0.15) is 0 Å². The molecule has 0 aliphatic rings. The van der Waals surface area contributed by atoms with Gasteiger partial charge in [-0.15, -0.1) is 0 Å². The summed E-state index contributed by atoms with van der Waals surface area (Å²) in [6.07, 6.45) is 4.65. The first-order chi connectivity index (χ1) is 9.82. The lowest BCUT2D eigenvalue weighted by Gasteiger charge is -2.24. The number of carboxylic acid groups (broad SMARTS) is 1. The zero-order valence-corrected chi connectivity index (χ0v) is 12.8. The lowest BCUT2D eigenvalue weighted by molar-refractivity contribution is -0.137. The molecular formula is C17H23NO3. The highest BCUT2D eigenvalue weighted by Crippen LogP contribution is 2.11. The second-order valence-electron chi connectivity index (χ2n) is 5.70. The monoisotopic (exact) mass is 289 g/mol. The Bertz CT molecular complexity index is 515. The number of carbonyl (C=O) groups is 2. The number of aryl methyl sites for hydroxylation is 1. The summed E-state index contributed by atoms with van der Waals surface area (Å²) in [5, 5.41) is 11.5. The highest BCUT2D eigenvalue weighted by Gasteiger charge is 2.20. The van der Waals surface area contributed by atoms with Crippen molar-refractivity contribution in [1.82, 2.24) is 5.32 Å². The highest BCUT2D eigenvalue weighted by atomic mass is 16.4. The summed E-state index contributed by atoms with van der Waals surface area (Å²) < 4.78 is 0. The minimum atomic E-state index is -0.858. The van der Waals surface area contributed by atoms with Crippen molar-refractivity contribution in [3.8, 4) is 0 Å². The van der Waals surface area contributed by atoms with Crippen LogP contribution in [-0.2, 0) is 16.0 Å². The molecule has 2 N–H and O–H groups in total. The van der Waals surface area contributed by atoms with Crippen molar-refractivity contribution in [2.24, 2.45) is 0 Å². The number of hydrogen-bond donors (Lipinski definition) is 2. The number of aliphatic carboxylic acids is 1. The maximum absolute atomic E-state index is 11.9. The third kappa shape index (κ3) is 6.75. The minimum absolute atomic E-state index is 0.0372. The summed E-state index contributed by atoms with van der Waals surface area (Å²) in [6.45, 7) is 5.73. The molecule has 0 atom stereocenters. The summed E-state index contributed by atoms with van der Waals surface area (Å²) in [4.78, 5) is 22.4. The molecule has 0 bridgehead atoms. The van der Waals surface area contributed by atoms with E-state index in [0.717, 1.165) is 12.0 Å². The Morgan fingerprint density at radius 3 is 2.38 bits per heavy atom. The molecule has 0 heterocycles. The molecule has 0 spiro atoms. The summed E-state index contributed by atoms with van der Waals surface area (Å²) >= 11 is 0. The molecule has 4 heteroatoms. The van der Waals surface area contributed by atoms with Crippen LogP contribution >= 0.6 is 0 Å². The van der Waals surface area contributed by atoms with Gasteiger partial charge in [0.05, 0.1) is 0 Å². The lowest BCUT2D eigenvalue weighted by Crippen LogP contribution is -2.42. The van der Waals surface area contributed by atoms with Crippen molar-refractivity contribution in [3.05, 3.63) is 41.5 Å². The Morgan fingerprint density at radius 2 is 1.86 bits per heavy atom. The minimum Gasteiger partial charge on any atom is -0.481 e. The van der Waals surface area contributed by atoms with Gasteiger partial charge in [0.15, 0.2) is 0 Å². The Balaban J connectivity index is 2.55. The van der Waals surface area contributed by atoms with Crippen molar-refractivity contribution in [3.63, 3.8) is 0 Å². The molecule has 0 fully saturated rings. The van der Waals surface area contributed by atoms with Gasteiger partial charge in [0, 0.05) is 18.0 Å². The molecule has 0 saturated heterocycles. The van der Waals surface area contributed by atoms with Crippen LogP contribution in [0.4, 0.5) is 0 Å². The first-order valence-corrected chi connectivity index (χ1v) is 7.13. The van der Waals surface area contributed by atoms with E-state index in [0.29, 0.717) is 6.42 Å². The van der Waals surface area contributed by atoms with Crippen LogP contribution in [0.3, 0.4) is 0 Å². The molecule has 0 aliphatic heterocycles. The van der Waals surface area contributed by atoms with Crippen LogP contribution in [0.1, 0.15) is 44.7 Å². The largest absolute Gasteiger partial charge is 0.481 e. The van der Waals surface area contributed by atoms with Crippen molar-refractivity contribution < 1.29 is 14.7 Å². The molecule has 0 aliphatic carbocycles. The number of carboxylic acids is 1. The molecule has 1 aromatic rings. The summed E-state index contributed by atoms with van der Waals surface area (Å²) in [7, 11) is 0. The van der Waals surface area contributed by atoms with Gasteiger partial charge in [-0.05, 0) is 43.9 Å². The SMILES string of the molecule is CCc1ccc(C=CC(=O)NC(C)(C)CCC(=O)O)cc1. The Kier molecular flexibility index (Phi) is 6.15. The van der Waals surface area contributed by atoms with Gasteiger partial charge in [-0.1, -0.05) is 31.2 Å². The van der Waals surface area contributed by atoms with Crippen LogP contribution in [0, 0.1) is 0 Å². The number of carbonyl (C=O) groups excluding carboxylic acids is 1. The topological polar surface area (TPSA) is 66.4 Å². The maximum atomic E-state index is 11.9. The molecule has 114 valence electrons. The van der Waals surface area contributed by atoms with E-state index in [9.17, 15) is 9.59 Å². The van der Waals surface area contributed by atoms with Gasteiger partial charge in [0.25, 0.3) is 0 Å². The third-order valence-electron chi connectivity index (χ3n) is 3.24. The predicted molar refractivity (Wildman–Crippen MR) is 83.9 cm³/mol. The van der Waals surface area contributed by atoms with Crippen LogP contribution in [0.15, 0.2) is 30.3 Å². The van der Waals surface area contributed by atoms with Gasteiger partial charge in [0.2, 0.25) is 5.91 Å². The molecule has 0 aromatic heterocycles. The quantitative estimate of drug-likeness (QED) is 0.758. The lowest BCUT2D eigenvalue weighted by atomic mass is 9.98. The smallest absolute Gasteiger partial charge is 0.303 e. The van der Waals surface area contributed by atoms with E-state index in [1.165, 1.54) is 11.6 Å². The van der Waals surface area contributed by atoms with Crippen LogP contribution in [-0.4, -0.2) is 22.5 Å². The Morgan fingerprint density at radius 1 is 1.24 bits per heavy atom. The van der Waals surface area contributed by atoms with Gasteiger partial charge in [0.1, 0.15) is 0 Å². The average Bonchev–Trinajstić information content (AvgIpc) is 2.43. The first kappa shape index (κ1) is 17.0. The first-order valence-electron chi connectivity index (χ1n) is 7.13. The molecule has 1 rings (SSSR count). The molecule has 4 nitrogen and oxygen atoms in total. The van der Waals surface area contributed by atoms with Crippen LogP contribution in [0.2, 0.25) is 0 Å². The molecular weight excluding hydrogens is 266 g/mol. The van der Waals surface area contributed by atoms with Gasteiger partial charge in [-0.25, -0.2) is 0 Å². The summed E-state index contributed by atoms with van der Waals surface area (Å²) in [5.41, 5.74) is 1.68. The number of hydrogen-bond acceptors (Lipinski definition) is 2. The van der Waals surface area contributed by atoms with E-state index in [2.05, 4.69) is 12.2 Å². The van der Waals surface area contributed by atoms with E-state index < -0.39 is 11.5 Å². The fourth-order valence-corrected chi connectivity index (χ4v) is 1.89. The zero-order valence-electron chi connectivity index (χ0n) is 12.8. The van der Waals surface area contributed by atoms with E-state index in [-0.39, 0.29) is 12.3 Å². The van der Waals surface area contributed by atoms with E-state index in [1.54, 1.807) is 6.08 Å². The second kappa shape index (κ2) is 7.62. The van der Waals surface area contributed by atoms with Gasteiger partial charge < -0.3 is 10.4 Å². The molecule has 0 unspecified atom stereocenters. The molecule has 0 radical (unpaired) electrons. The molecule has 0 saturated carbocycles. The second-order valence-corrected chi connectivity index (χ2v) is 5.70. The fourth-order valence-electron chi connectivity index (χ4n) is 1.89. The summed E-state index contributed by atoms with van der Waals surface area (Å²) in [5.74, 6) is -1.08. The molecule has 1 aromatic carbocycles. The standard InChI is InChI=1S/C17H23NO3/c1-4-13-5-7-14(8-6-13)9-10-15(19)18-17(2,3)12-11-16(20)21/h5-10H,4,11-12H2,1-3H3,(H,18,19)(H,20,21). The predicted octanol–water partition coefficient (Wildman–Crippen LogP) is 3.02. The Labute approximate surface area is 125 Å². The molecule has 1 amide bonds. The normalized spacial score (nSPS) is 11.6. The van der Waals surface area contributed by atoms with Crippen molar-refractivity contribution >= 4 is 18.0 Å². The van der Waals surface area contributed by atoms with Gasteiger partial charge >= 0.3 is 5.97 Å². The van der Waals surface area contributed by atoms with E-state index >= 15 is 0 Å². The number of nitrogens with one attached hydrogen (secondary N) is 1. The van der Waals surface area contributed by atoms with E-state index in [1.807, 2.05) is 38.1 Å². The Hall–Kier alpha value is -2.10. The van der Waals surface area contributed by atoms with Crippen molar-refractivity contribution in [2.75, 3.05) is 0 Å². The average molecular weight is 289 g/mol. The van der Waals surface area contributed by atoms with Crippen molar-refractivity contribution in [2.45, 2.75) is 45.6 Å². The van der Waals surface area contributed by atoms with Crippen LogP contribution in [0.25, 0.3) is 6.08 Å². The van der Waals surface area contributed by atoms with Gasteiger partial charge in [-0.3, -0.25) is 9.59 Å². The highest BCUT2D eigenvalue weighted by molar-refractivity contribution is 5.92. The maximum Gasteiger partial charge on any atom is 0.303 e. The van der Waals surface area contributed by atoms with Crippen LogP contribution in [0.5, 0.6) is 0 Å². The zero-order chi connectivity index (χ0) is 15.9. The number of amides is 1. The third-order valence-corrected chi connectivity index (χ3v) is 3.24. The van der Waals surface area contributed by atoms with E-state index in [4.69, 9.17) is 5.11 Å².